The number of fused-ring (bicyclic) bond motifs is 1. The standard InChI is InChI=1S/C20H19F2N3O2S/c1-9-16-10(2)24-18(11-3-4-11)25-20(16)28-17(9)19(27)23-8-15(26)12-5-6-13(21)14(22)7-12/h5-7,11,15,26H,3-4,8H2,1-2H3,(H,23,27). The number of halogens is 2. The van der Waals surface area contributed by atoms with Gasteiger partial charge in [-0.25, -0.2) is 18.7 Å². The highest BCUT2D eigenvalue weighted by Gasteiger charge is 2.28. The number of carbonyl (C=O) groups excluding carboxylic acids is 1. The van der Waals surface area contributed by atoms with Crippen molar-refractivity contribution in [2.45, 2.75) is 38.7 Å². The van der Waals surface area contributed by atoms with E-state index >= 15 is 0 Å². The first-order valence-corrected chi connectivity index (χ1v) is 9.85. The van der Waals surface area contributed by atoms with Gasteiger partial charge in [0.25, 0.3) is 5.91 Å². The van der Waals surface area contributed by atoms with Crippen LogP contribution in [0.3, 0.4) is 0 Å². The molecule has 3 aromatic rings. The molecule has 1 saturated carbocycles. The molecule has 8 heteroatoms. The molecule has 0 radical (unpaired) electrons. The summed E-state index contributed by atoms with van der Waals surface area (Å²) >= 11 is 1.30. The summed E-state index contributed by atoms with van der Waals surface area (Å²) < 4.78 is 26.3. The quantitative estimate of drug-likeness (QED) is 0.677. The minimum Gasteiger partial charge on any atom is -0.387 e. The molecule has 1 aromatic carbocycles. The summed E-state index contributed by atoms with van der Waals surface area (Å²) in [4.78, 5) is 23.1. The molecule has 146 valence electrons. The Bertz CT molecular complexity index is 1080. The lowest BCUT2D eigenvalue weighted by Gasteiger charge is -2.12. The van der Waals surface area contributed by atoms with Gasteiger partial charge in [0.15, 0.2) is 11.6 Å². The van der Waals surface area contributed by atoms with Crippen LogP contribution in [0.4, 0.5) is 8.78 Å². The normalized spacial score (nSPS) is 15.0. The number of benzene rings is 1. The van der Waals surface area contributed by atoms with Crippen LogP contribution in [0.1, 0.15) is 57.2 Å². The van der Waals surface area contributed by atoms with Crippen molar-refractivity contribution in [2.75, 3.05) is 6.54 Å². The summed E-state index contributed by atoms with van der Waals surface area (Å²) in [6.07, 6.45) is 1.06. The number of aryl methyl sites for hydroxylation is 2. The molecule has 1 aliphatic carbocycles. The topological polar surface area (TPSA) is 75.1 Å². The molecule has 0 saturated heterocycles. The van der Waals surface area contributed by atoms with Crippen LogP contribution in [-0.4, -0.2) is 27.5 Å². The molecule has 2 N–H and O–H groups in total. The van der Waals surface area contributed by atoms with E-state index in [0.717, 1.165) is 52.3 Å². The molecule has 2 heterocycles. The van der Waals surface area contributed by atoms with Crippen LogP contribution in [-0.2, 0) is 0 Å². The average molecular weight is 403 g/mol. The number of thiophene rings is 1. The fourth-order valence-corrected chi connectivity index (χ4v) is 4.36. The number of nitrogens with one attached hydrogen (secondary N) is 1. The highest BCUT2D eigenvalue weighted by molar-refractivity contribution is 7.20. The van der Waals surface area contributed by atoms with Gasteiger partial charge in [0.1, 0.15) is 10.7 Å². The van der Waals surface area contributed by atoms with Crippen molar-refractivity contribution >= 4 is 27.5 Å². The van der Waals surface area contributed by atoms with Gasteiger partial charge in [0.05, 0.1) is 16.7 Å². The zero-order valence-corrected chi connectivity index (χ0v) is 16.2. The lowest BCUT2D eigenvalue weighted by atomic mass is 10.1. The van der Waals surface area contributed by atoms with E-state index < -0.39 is 17.7 Å². The molecular formula is C20H19F2N3O2S. The van der Waals surface area contributed by atoms with Gasteiger partial charge in [-0.1, -0.05) is 6.07 Å². The summed E-state index contributed by atoms with van der Waals surface area (Å²) in [5.74, 6) is -1.10. The Balaban J connectivity index is 1.52. The van der Waals surface area contributed by atoms with Crippen molar-refractivity contribution in [1.29, 1.82) is 0 Å². The van der Waals surface area contributed by atoms with E-state index in [4.69, 9.17) is 0 Å². The van der Waals surface area contributed by atoms with E-state index in [1.807, 2.05) is 13.8 Å². The van der Waals surface area contributed by atoms with Gasteiger partial charge in [-0.2, -0.15) is 0 Å². The Morgan fingerprint density at radius 1 is 1.29 bits per heavy atom. The summed E-state index contributed by atoms with van der Waals surface area (Å²) in [6.45, 7) is 3.66. The van der Waals surface area contributed by atoms with Crippen LogP contribution in [0.15, 0.2) is 18.2 Å². The summed E-state index contributed by atoms with van der Waals surface area (Å²) in [6, 6.07) is 3.16. The van der Waals surface area contributed by atoms with Crippen molar-refractivity contribution in [3.8, 4) is 0 Å². The minimum atomic E-state index is -1.14. The number of aliphatic hydroxyl groups is 1. The second-order valence-electron chi connectivity index (χ2n) is 7.08. The first-order valence-electron chi connectivity index (χ1n) is 9.04. The van der Waals surface area contributed by atoms with Gasteiger partial charge in [-0.3, -0.25) is 4.79 Å². The second kappa shape index (κ2) is 7.18. The highest BCUT2D eigenvalue weighted by Crippen LogP contribution is 2.40. The fraction of sp³-hybridized carbons (Fsp3) is 0.350. The summed E-state index contributed by atoms with van der Waals surface area (Å²) in [5.41, 5.74) is 1.87. The summed E-state index contributed by atoms with van der Waals surface area (Å²) in [7, 11) is 0. The smallest absolute Gasteiger partial charge is 0.261 e. The zero-order valence-electron chi connectivity index (χ0n) is 15.4. The van der Waals surface area contributed by atoms with Crippen molar-refractivity contribution in [3.63, 3.8) is 0 Å². The number of hydrogen-bond acceptors (Lipinski definition) is 5. The Morgan fingerprint density at radius 2 is 2.04 bits per heavy atom. The zero-order chi connectivity index (χ0) is 20.0. The summed E-state index contributed by atoms with van der Waals surface area (Å²) in [5, 5.41) is 13.7. The predicted molar refractivity (Wildman–Crippen MR) is 103 cm³/mol. The second-order valence-corrected chi connectivity index (χ2v) is 8.08. The molecule has 0 bridgehead atoms. The molecule has 1 atom stereocenters. The van der Waals surface area contributed by atoms with Crippen LogP contribution in [0, 0.1) is 25.5 Å². The Labute approximate surface area is 164 Å². The van der Waals surface area contributed by atoms with Crippen molar-refractivity contribution in [1.82, 2.24) is 15.3 Å². The lowest BCUT2D eigenvalue weighted by molar-refractivity contribution is 0.0919. The molecular weight excluding hydrogens is 384 g/mol. The maximum atomic E-state index is 13.3. The third-order valence-corrected chi connectivity index (χ3v) is 6.11. The Kier molecular flexibility index (Phi) is 4.84. The third kappa shape index (κ3) is 3.49. The molecule has 0 spiro atoms. The Morgan fingerprint density at radius 3 is 2.71 bits per heavy atom. The van der Waals surface area contributed by atoms with Gasteiger partial charge in [0.2, 0.25) is 0 Å². The van der Waals surface area contributed by atoms with Crippen LogP contribution in [0.5, 0.6) is 0 Å². The number of carbonyl (C=O) groups is 1. The average Bonchev–Trinajstić information content (AvgIpc) is 3.45. The predicted octanol–water partition coefficient (Wildman–Crippen LogP) is 3.93. The maximum Gasteiger partial charge on any atom is 0.261 e. The molecule has 0 aliphatic heterocycles. The van der Waals surface area contributed by atoms with Crippen LogP contribution >= 0.6 is 11.3 Å². The molecule has 28 heavy (non-hydrogen) atoms. The van der Waals surface area contributed by atoms with E-state index in [9.17, 15) is 18.7 Å². The number of amides is 1. The third-order valence-electron chi connectivity index (χ3n) is 4.92. The minimum absolute atomic E-state index is 0.116. The molecule has 5 nitrogen and oxygen atoms in total. The van der Waals surface area contributed by atoms with E-state index in [1.54, 1.807) is 0 Å². The molecule has 1 unspecified atom stereocenters. The monoisotopic (exact) mass is 403 g/mol. The van der Waals surface area contributed by atoms with E-state index in [0.29, 0.717) is 10.8 Å². The lowest BCUT2D eigenvalue weighted by Crippen LogP contribution is -2.28. The van der Waals surface area contributed by atoms with Gasteiger partial charge in [0, 0.05) is 17.8 Å². The molecule has 1 aliphatic rings. The van der Waals surface area contributed by atoms with Gasteiger partial charge >= 0.3 is 0 Å². The number of rotatable bonds is 5. The highest BCUT2D eigenvalue weighted by atomic mass is 32.1. The number of aliphatic hydroxyl groups excluding tert-OH is 1. The van der Waals surface area contributed by atoms with Crippen molar-refractivity contribution in [2.24, 2.45) is 0 Å². The van der Waals surface area contributed by atoms with Crippen molar-refractivity contribution < 1.29 is 18.7 Å². The van der Waals surface area contributed by atoms with Crippen LogP contribution in [0.25, 0.3) is 10.2 Å². The molecule has 1 fully saturated rings. The number of nitrogens with zero attached hydrogens (tertiary/aromatic N) is 2. The SMILES string of the molecule is Cc1nc(C2CC2)nc2sc(C(=O)NCC(O)c3ccc(F)c(F)c3)c(C)c12. The number of aromatic nitrogens is 2. The van der Waals surface area contributed by atoms with Gasteiger partial charge in [-0.05, 0) is 49.9 Å². The molecule has 4 rings (SSSR count). The first-order chi connectivity index (χ1) is 13.3. The van der Waals surface area contributed by atoms with Crippen LogP contribution in [0.2, 0.25) is 0 Å². The molecule has 1 amide bonds. The van der Waals surface area contributed by atoms with E-state index in [2.05, 4.69) is 15.3 Å². The van der Waals surface area contributed by atoms with E-state index in [1.165, 1.54) is 17.4 Å². The fourth-order valence-electron chi connectivity index (χ4n) is 3.21. The number of hydrogen-bond donors (Lipinski definition) is 2. The maximum absolute atomic E-state index is 13.3. The van der Waals surface area contributed by atoms with Crippen LogP contribution < -0.4 is 5.32 Å². The van der Waals surface area contributed by atoms with E-state index in [-0.39, 0.29) is 18.0 Å². The van der Waals surface area contributed by atoms with Crippen molar-refractivity contribution in [3.05, 3.63) is 57.4 Å². The first kappa shape index (κ1) is 18.9. The Hall–Kier alpha value is -2.45. The van der Waals surface area contributed by atoms with Gasteiger partial charge in [-0.15, -0.1) is 11.3 Å². The molecule has 2 aromatic heterocycles. The van der Waals surface area contributed by atoms with Gasteiger partial charge < -0.3 is 10.4 Å². The largest absolute Gasteiger partial charge is 0.387 e.